The van der Waals surface area contributed by atoms with E-state index >= 15 is 0 Å². The highest BCUT2D eigenvalue weighted by atomic mass is 35.5. The van der Waals surface area contributed by atoms with Crippen LogP contribution in [0.15, 0.2) is 78.5 Å². The second-order valence-electron chi connectivity index (χ2n) is 8.23. The summed E-state index contributed by atoms with van der Waals surface area (Å²) < 4.78 is 1.81. The van der Waals surface area contributed by atoms with Gasteiger partial charge in [0.05, 0.1) is 0 Å². The van der Waals surface area contributed by atoms with Crippen molar-refractivity contribution in [3.8, 4) is 6.07 Å². The quantitative estimate of drug-likeness (QED) is 0.257. The number of hydrogen-bond acceptors (Lipinski definition) is 3. The van der Waals surface area contributed by atoms with Crippen molar-refractivity contribution in [2.45, 2.75) is 20.4 Å². The number of hydrogen-bond donors (Lipinski definition) is 2. The number of nitrogens with zero attached hydrogens (tertiary/aromatic N) is 2. The van der Waals surface area contributed by atoms with E-state index in [2.05, 4.69) is 10.6 Å². The average molecular weight is 483 g/mol. The Morgan fingerprint density at radius 3 is 2.60 bits per heavy atom. The molecule has 0 aliphatic rings. The summed E-state index contributed by atoms with van der Waals surface area (Å²) in [6.07, 6.45) is 3.31. The molecule has 0 unspecified atom stereocenters. The maximum atomic E-state index is 12.8. The molecule has 4 aromatic rings. The highest BCUT2D eigenvalue weighted by molar-refractivity contribution is 6.31. The number of anilines is 2. The highest BCUT2D eigenvalue weighted by Gasteiger charge is 2.15. The maximum absolute atomic E-state index is 12.8. The zero-order valence-corrected chi connectivity index (χ0v) is 20.1. The van der Waals surface area contributed by atoms with Crippen molar-refractivity contribution in [2.24, 2.45) is 0 Å². The van der Waals surface area contributed by atoms with E-state index in [-0.39, 0.29) is 18.0 Å². The van der Waals surface area contributed by atoms with Gasteiger partial charge >= 0.3 is 0 Å². The number of benzene rings is 3. The lowest BCUT2D eigenvalue weighted by atomic mass is 10.1. The third kappa shape index (κ3) is 5.60. The van der Waals surface area contributed by atoms with Crippen LogP contribution in [0.3, 0.4) is 0 Å². The molecule has 0 fully saturated rings. The first-order valence-corrected chi connectivity index (χ1v) is 11.4. The third-order valence-corrected chi connectivity index (χ3v) is 5.78. The summed E-state index contributed by atoms with van der Waals surface area (Å²) in [4.78, 5) is 25.6. The summed E-state index contributed by atoms with van der Waals surface area (Å²) in [5, 5.41) is 16.7. The molecule has 0 aliphatic carbocycles. The summed E-state index contributed by atoms with van der Waals surface area (Å²) in [5.74, 6) is -0.714. The fraction of sp³-hybridized carbons (Fsp3) is 0.107. The molecule has 0 atom stereocenters. The van der Waals surface area contributed by atoms with Gasteiger partial charge in [-0.1, -0.05) is 48.0 Å². The molecule has 0 bridgehead atoms. The van der Waals surface area contributed by atoms with Crippen LogP contribution in [-0.4, -0.2) is 16.4 Å². The Morgan fingerprint density at radius 1 is 1.03 bits per heavy atom. The summed E-state index contributed by atoms with van der Waals surface area (Å²) in [6.45, 7) is 3.89. The van der Waals surface area contributed by atoms with Crippen molar-refractivity contribution < 1.29 is 9.59 Å². The van der Waals surface area contributed by atoms with Gasteiger partial charge < -0.3 is 15.2 Å². The molecule has 4 rings (SSSR count). The highest BCUT2D eigenvalue weighted by Crippen LogP contribution is 2.25. The third-order valence-electron chi connectivity index (χ3n) is 5.55. The van der Waals surface area contributed by atoms with Gasteiger partial charge in [-0.2, -0.15) is 5.26 Å². The number of para-hydroxylation sites is 1. The number of halogens is 1. The number of carbonyl (C=O) groups is 2. The fourth-order valence-corrected chi connectivity index (χ4v) is 3.99. The number of aromatic nitrogens is 1. The molecule has 35 heavy (non-hydrogen) atoms. The predicted molar refractivity (Wildman–Crippen MR) is 140 cm³/mol. The Bertz CT molecular complexity index is 1510. The maximum Gasteiger partial charge on any atom is 0.266 e. The zero-order valence-electron chi connectivity index (χ0n) is 19.3. The molecule has 1 heterocycles. The minimum atomic E-state index is -0.535. The van der Waals surface area contributed by atoms with Gasteiger partial charge in [0.2, 0.25) is 5.91 Å². The average Bonchev–Trinajstić information content (AvgIpc) is 3.16. The Hall–Kier alpha value is -4.34. The normalized spacial score (nSPS) is 11.2. The van der Waals surface area contributed by atoms with Gasteiger partial charge in [0.1, 0.15) is 18.2 Å². The van der Waals surface area contributed by atoms with E-state index < -0.39 is 5.91 Å². The van der Waals surface area contributed by atoms with Gasteiger partial charge in [-0.05, 0) is 61.4 Å². The molecule has 2 amide bonds. The summed E-state index contributed by atoms with van der Waals surface area (Å²) >= 11 is 6.05. The van der Waals surface area contributed by atoms with E-state index in [1.54, 1.807) is 29.0 Å². The van der Waals surface area contributed by atoms with Gasteiger partial charge in [-0.25, -0.2) is 0 Å². The first-order valence-electron chi connectivity index (χ1n) is 11.0. The Labute approximate surface area is 208 Å². The standard InChI is InChI=1S/C28H23ClN4O2/c1-18-6-5-7-23(12-18)31-27(34)17-33-16-21(24-8-3-4-9-26(24)33)13-20(15-30)28(35)32-25-14-22(29)11-10-19(25)2/h3-14,16H,17H2,1-2H3,(H,31,34)(H,32,35). The zero-order chi connectivity index (χ0) is 24.9. The van der Waals surface area contributed by atoms with Crippen molar-refractivity contribution in [1.82, 2.24) is 4.57 Å². The van der Waals surface area contributed by atoms with Crippen molar-refractivity contribution in [3.63, 3.8) is 0 Å². The molecule has 174 valence electrons. The topological polar surface area (TPSA) is 86.9 Å². The number of amides is 2. The lowest BCUT2D eigenvalue weighted by Crippen LogP contribution is -2.18. The van der Waals surface area contributed by atoms with Crippen LogP contribution in [0.5, 0.6) is 0 Å². The Morgan fingerprint density at radius 2 is 1.83 bits per heavy atom. The van der Waals surface area contributed by atoms with E-state index in [0.717, 1.165) is 27.7 Å². The second-order valence-corrected chi connectivity index (χ2v) is 8.67. The molecule has 1 aromatic heterocycles. The van der Waals surface area contributed by atoms with Gasteiger partial charge in [0.15, 0.2) is 0 Å². The van der Waals surface area contributed by atoms with Crippen LogP contribution >= 0.6 is 11.6 Å². The molecule has 0 saturated heterocycles. The number of nitriles is 1. The lowest BCUT2D eigenvalue weighted by Gasteiger charge is -2.08. The van der Waals surface area contributed by atoms with Crippen molar-refractivity contribution in [2.75, 3.05) is 10.6 Å². The Balaban J connectivity index is 1.61. The monoisotopic (exact) mass is 482 g/mol. The smallest absolute Gasteiger partial charge is 0.266 e. The lowest BCUT2D eigenvalue weighted by molar-refractivity contribution is -0.116. The SMILES string of the molecule is Cc1cccc(NC(=O)Cn2cc(C=C(C#N)C(=O)Nc3cc(Cl)ccc3C)c3ccccc32)c1. The van der Waals surface area contributed by atoms with E-state index in [9.17, 15) is 14.9 Å². The largest absolute Gasteiger partial charge is 0.337 e. The minimum absolute atomic E-state index is 0.0588. The van der Waals surface area contributed by atoms with Crippen LogP contribution in [0, 0.1) is 25.2 Å². The second kappa shape index (κ2) is 10.3. The van der Waals surface area contributed by atoms with Crippen LogP contribution in [0.2, 0.25) is 5.02 Å². The molecular weight excluding hydrogens is 460 g/mol. The summed E-state index contributed by atoms with van der Waals surface area (Å²) in [7, 11) is 0. The molecule has 0 spiro atoms. The molecule has 0 saturated carbocycles. The number of carbonyl (C=O) groups excluding carboxylic acids is 2. The van der Waals surface area contributed by atoms with Crippen molar-refractivity contribution in [1.29, 1.82) is 5.26 Å². The number of fused-ring (bicyclic) bond motifs is 1. The van der Waals surface area contributed by atoms with Crippen LogP contribution in [0.1, 0.15) is 16.7 Å². The van der Waals surface area contributed by atoms with E-state index in [1.165, 1.54) is 6.08 Å². The molecule has 0 radical (unpaired) electrons. The Kier molecular flexibility index (Phi) is 7.00. The summed E-state index contributed by atoms with van der Waals surface area (Å²) in [6, 6.07) is 22.3. The molecule has 6 nitrogen and oxygen atoms in total. The van der Waals surface area contributed by atoms with E-state index in [0.29, 0.717) is 16.3 Å². The predicted octanol–water partition coefficient (Wildman–Crippen LogP) is 6.10. The van der Waals surface area contributed by atoms with Crippen LogP contribution in [0.4, 0.5) is 11.4 Å². The molecule has 0 aliphatic heterocycles. The summed E-state index contributed by atoms with van der Waals surface area (Å²) in [5.41, 5.74) is 4.58. The van der Waals surface area contributed by atoms with E-state index in [4.69, 9.17) is 11.6 Å². The van der Waals surface area contributed by atoms with E-state index in [1.807, 2.05) is 68.4 Å². The van der Waals surface area contributed by atoms with Crippen molar-refractivity contribution in [3.05, 3.63) is 100 Å². The first-order chi connectivity index (χ1) is 16.8. The van der Waals surface area contributed by atoms with Crippen LogP contribution in [0.25, 0.3) is 17.0 Å². The van der Waals surface area contributed by atoms with Crippen LogP contribution < -0.4 is 10.6 Å². The first kappa shape index (κ1) is 23.8. The van der Waals surface area contributed by atoms with Gasteiger partial charge in [0, 0.05) is 39.1 Å². The number of rotatable bonds is 6. The van der Waals surface area contributed by atoms with Gasteiger partial charge in [-0.15, -0.1) is 0 Å². The van der Waals surface area contributed by atoms with Crippen molar-refractivity contribution >= 4 is 51.8 Å². The fourth-order valence-electron chi connectivity index (χ4n) is 3.82. The van der Waals surface area contributed by atoms with Crippen LogP contribution in [-0.2, 0) is 16.1 Å². The number of aryl methyl sites for hydroxylation is 2. The van der Waals surface area contributed by atoms with Gasteiger partial charge in [0.25, 0.3) is 5.91 Å². The molecular formula is C28H23ClN4O2. The molecule has 3 aromatic carbocycles. The molecule has 2 N–H and O–H groups in total. The minimum Gasteiger partial charge on any atom is -0.337 e. The molecule has 7 heteroatoms. The van der Waals surface area contributed by atoms with Gasteiger partial charge in [-0.3, -0.25) is 9.59 Å². The number of nitrogens with one attached hydrogen (secondary N) is 2.